The van der Waals surface area contributed by atoms with Gasteiger partial charge in [0.1, 0.15) is 11.8 Å². The van der Waals surface area contributed by atoms with Gasteiger partial charge in [0.05, 0.1) is 49.9 Å². The van der Waals surface area contributed by atoms with Crippen LogP contribution < -0.4 is 10.1 Å². The predicted molar refractivity (Wildman–Crippen MR) is 230 cm³/mol. The Hall–Kier alpha value is -6.34. The second-order valence-corrected chi connectivity index (χ2v) is 15.3. The minimum Gasteiger partial charge on any atom is -0.494 e. The van der Waals surface area contributed by atoms with Crippen molar-refractivity contribution in [3.05, 3.63) is 65.9 Å². The van der Waals surface area contributed by atoms with Crippen LogP contribution in [0.1, 0.15) is 42.1 Å². The van der Waals surface area contributed by atoms with Gasteiger partial charge in [0, 0.05) is 89.8 Å². The van der Waals surface area contributed by atoms with Crippen molar-refractivity contribution in [3.8, 4) is 11.8 Å². The lowest BCUT2D eigenvalue weighted by atomic mass is 10.1. The molecule has 2 fully saturated rings. The van der Waals surface area contributed by atoms with Gasteiger partial charge in [-0.05, 0) is 61.7 Å². The lowest BCUT2D eigenvalue weighted by molar-refractivity contribution is -0.140. The van der Waals surface area contributed by atoms with Gasteiger partial charge in [0.2, 0.25) is 18.3 Å². The van der Waals surface area contributed by atoms with Crippen molar-refractivity contribution in [2.45, 2.75) is 38.8 Å². The number of nitrogens with one attached hydrogen (secondary N) is 1. The van der Waals surface area contributed by atoms with E-state index in [1.807, 2.05) is 16.7 Å². The maximum atomic E-state index is 13.0. The molecule has 0 spiro atoms. The van der Waals surface area contributed by atoms with Crippen LogP contribution in [-0.2, 0) is 30.5 Å². The van der Waals surface area contributed by atoms with Gasteiger partial charge in [-0.15, -0.1) is 0 Å². The Bertz CT molecular complexity index is 2040. The molecule has 1 aromatic carbocycles. The maximum absolute atomic E-state index is 13.0. The average Bonchev–Trinajstić information content (AvgIpc) is 3.76. The topological polar surface area (TPSA) is 253 Å². The maximum Gasteiger partial charge on any atom is 0.317 e. The van der Waals surface area contributed by atoms with Gasteiger partial charge in [-0.2, -0.15) is 9.65 Å². The van der Waals surface area contributed by atoms with E-state index in [4.69, 9.17) is 20.1 Å². The average molecular weight is 893 g/mol. The molecule has 64 heavy (non-hydrogen) atoms. The number of aliphatic carboxylic acids is 3. The van der Waals surface area contributed by atoms with E-state index in [2.05, 4.69) is 26.3 Å². The summed E-state index contributed by atoms with van der Waals surface area (Å²) < 4.78 is 18.8. The predicted octanol–water partition coefficient (Wildman–Crippen LogP) is 0.922. The third-order valence-corrected chi connectivity index (χ3v) is 10.7. The van der Waals surface area contributed by atoms with Crippen molar-refractivity contribution < 1.29 is 53.2 Å². The Kier molecular flexibility index (Phi) is 20.7. The number of fused-ring (bicyclic) bond motifs is 1. The molecule has 0 radical (unpaired) electrons. The van der Waals surface area contributed by atoms with Crippen LogP contribution in [0.2, 0.25) is 0 Å². The molecule has 2 aliphatic heterocycles. The fraction of sp³-hybridized carbons (Fsp3) is 0.512. The van der Waals surface area contributed by atoms with Crippen molar-refractivity contribution in [3.63, 3.8) is 0 Å². The highest BCUT2D eigenvalue weighted by Gasteiger charge is 2.28. The van der Waals surface area contributed by atoms with Crippen LogP contribution in [0.4, 0.5) is 4.39 Å². The highest BCUT2D eigenvalue weighted by atomic mass is 19.1. The number of hydrogen-bond donors (Lipinski definition) is 4. The number of benzene rings is 1. The Labute approximate surface area is 370 Å². The van der Waals surface area contributed by atoms with Gasteiger partial charge in [-0.3, -0.25) is 48.5 Å². The number of carbonyl (C=O) groups is 6. The summed E-state index contributed by atoms with van der Waals surface area (Å²) in [6.45, 7) is 8.16. The van der Waals surface area contributed by atoms with Gasteiger partial charge in [0.15, 0.2) is 0 Å². The first-order valence-corrected chi connectivity index (χ1v) is 21.1. The SMILES string of the molecule is CCN1CCN(CC(=O)O)CCN(CC(=O)O)CCN(CC(=O)O)CC1.N#CC1CCCN1C(=O)CNC(=O)c1ccnc2ccc(OCCCN(C=O)Cc3ccc(F)nc3)cc12. The Morgan fingerprint density at radius 3 is 2.02 bits per heavy atom. The molecule has 0 saturated carbocycles. The van der Waals surface area contributed by atoms with Crippen molar-refractivity contribution >= 4 is 47.0 Å². The highest BCUT2D eigenvalue weighted by Crippen LogP contribution is 2.23. The molecule has 2 aromatic heterocycles. The van der Waals surface area contributed by atoms with Gasteiger partial charge in [-0.1, -0.05) is 13.0 Å². The molecule has 3 amide bonds. The summed E-state index contributed by atoms with van der Waals surface area (Å²) in [5.74, 6) is -3.52. The van der Waals surface area contributed by atoms with Gasteiger partial charge >= 0.3 is 17.9 Å². The summed E-state index contributed by atoms with van der Waals surface area (Å²) in [5.41, 5.74) is 1.67. The summed E-state index contributed by atoms with van der Waals surface area (Å²) in [7, 11) is 0. The number of likely N-dealkylation sites (N-methyl/N-ethyl adjacent to an activating group) is 1. The van der Waals surface area contributed by atoms with Crippen LogP contribution in [0.5, 0.6) is 5.75 Å². The zero-order chi connectivity index (χ0) is 46.4. The van der Waals surface area contributed by atoms with E-state index in [1.54, 1.807) is 40.1 Å². The van der Waals surface area contributed by atoms with Crippen molar-refractivity contribution in [2.75, 3.05) is 105 Å². The van der Waals surface area contributed by atoms with Crippen LogP contribution in [-0.4, -0.2) is 202 Å². The second-order valence-electron chi connectivity index (χ2n) is 15.3. The van der Waals surface area contributed by atoms with Crippen LogP contribution >= 0.6 is 0 Å². The normalized spacial score (nSPS) is 16.9. The molecule has 5 rings (SSSR count). The molecule has 2 aliphatic rings. The van der Waals surface area contributed by atoms with E-state index >= 15 is 0 Å². The number of amides is 3. The lowest BCUT2D eigenvalue weighted by Crippen LogP contribution is -2.48. The minimum atomic E-state index is -0.955. The highest BCUT2D eigenvalue weighted by molar-refractivity contribution is 6.07. The molecular formula is C43H57FN10O10. The molecule has 1 atom stereocenters. The van der Waals surface area contributed by atoms with Crippen molar-refractivity contribution in [1.29, 1.82) is 5.26 Å². The van der Waals surface area contributed by atoms with Crippen molar-refractivity contribution in [2.24, 2.45) is 0 Å². The molecule has 3 aromatic rings. The molecule has 0 aliphatic carbocycles. The van der Waals surface area contributed by atoms with E-state index in [1.165, 1.54) is 23.4 Å². The zero-order valence-corrected chi connectivity index (χ0v) is 36.0. The number of pyridine rings is 2. The standard InChI is InChI=1S/C27H27FN6O4.C16H30N4O6/c28-25-7-4-19(15-31-25)17-33(18-35)10-2-12-38-21-5-6-24-23(13-21)22(8-9-30-24)27(37)32-16-26(36)34-11-1-3-20(34)14-29;1-2-17-3-5-18(11-14(21)22)7-9-20(13-16(25)26)10-8-19(6-4-17)12-15(23)24/h4-9,13,15,18,20H,1-3,10-12,16-17H2,(H,32,37);2-13H2,1H3,(H,21,22)(H,23,24)(H,25,26). The van der Waals surface area contributed by atoms with Crippen LogP contribution in [0, 0.1) is 17.3 Å². The summed E-state index contributed by atoms with van der Waals surface area (Å²) in [5, 5.41) is 39.7. The Morgan fingerprint density at radius 2 is 1.48 bits per heavy atom. The number of likely N-dealkylation sites (tertiary alicyclic amines) is 1. The number of nitriles is 1. The van der Waals surface area contributed by atoms with Crippen LogP contribution in [0.25, 0.3) is 10.9 Å². The largest absolute Gasteiger partial charge is 0.494 e. The second kappa shape index (κ2) is 26.3. The number of carbonyl (C=O) groups excluding carboxylic acids is 3. The summed E-state index contributed by atoms with van der Waals surface area (Å²) in [4.78, 5) is 88.5. The molecule has 0 bridgehead atoms. The minimum absolute atomic E-state index is 0.0798. The first-order valence-electron chi connectivity index (χ1n) is 21.1. The smallest absolute Gasteiger partial charge is 0.317 e. The van der Waals surface area contributed by atoms with Gasteiger partial charge < -0.3 is 40.1 Å². The van der Waals surface area contributed by atoms with Crippen molar-refractivity contribution in [1.82, 2.24) is 44.7 Å². The van der Waals surface area contributed by atoms with Crippen LogP contribution in [0.15, 0.2) is 48.8 Å². The summed E-state index contributed by atoms with van der Waals surface area (Å²) >= 11 is 0. The molecule has 2 saturated heterocycles. The van der Waals surface area contributed by atoms with E-state index in [-0.39, 0.29) is 32.1 Å². The molecule has 346 valence electrons. The Balaban J connectivity index is 0.000000303. The number of aromatic nitrogens is 2. The third-order valence-electron chi connectivity index (χ3n) is 10.7. The molecule has 20 nitrogen and oxygen atoms in total. The van der Waals surface area contributed by atoms with E-state index < -0.39 is 35.8 Å². The van der Waals surface area contributed by atoms with Gasteiger partial charge in [0.25, 0.3) is 5.91 Å². The van der Waals surface area contributed by atoms with E-state index in [9.17, 15) is 38.4 Å². The lowest BCUT2D eigenvalue weighted by Gasteiger charge is -2.32. The summed E-state index contributed by atoms with van der Waals surface area (Å²) in [6.07, 6.45) is 5.61. The number of carboxylic acids is 3. The first-order chi connectivity index (χ1) is 30.8. The number of ether oxygens (including phenoxy) is 1. The first kappa shape index (κ1) is 50.3. The van der Waals surface area contributed by atoms with Crippen LogP contribution in [0.3, 0.4) is 0 Å². The fourth-order valence-corrected chi connectivity index (χ4v) is 7.27. The number of hydrogen-bond acceptors (Lipinski definition) is 14. The molecular weight excluding hydrogens is 836 g/mol. The number of halogens is 1. The molecule has 21 heteroatoms. The van der Waals surface area contributed by atoms with E-state index in [0.717, 1.165) is 24.9 Å². The number of nitrogens with zero attached hydrogens (tertiary/aromatic N) is 9. The molecule has 1 unspecified atom stereocenters. The summed E-state index contributed by atoms with van der Waals surface area (Å²) in [6, 6.07) is 11.3. The van der Waals surface area contributed by atoms with E-state index in [0.29, 0.717) is 114 Å². The number of rotatable bonds is 18. The zero-order valence-electron chi connectivity index (χ0n) is 36.0. The number of carboxylic acid groups (broad SMARTS) is 3. The fourth-order valence-electron chi connectivity index (χ4n) is 7.27. The van der Waals surface area contributed by atoms with Gasteiger partial charge in [-0.25, -0.2) is 4.98 Å². The quantitative estimate of drug-likeness (QED) is 0.0787. The third kappa shape index (κ3) is 17.1. The molecule has 4 N–H and O–H groups in total. The monoisotopic (exact) mass is 892 g/mol. The Morgan fingerprint density at radius 1 is 0.875 bits per heavy atom. The molecule has 4 heterocycles.